The fourth-order valence-electron chi connectivity index (χ4n) is 2.49. The van der Waals surface area contributed by atoms with Gasteiger partial charge < -0.3 is 14.2 Å². The largest absolute Gasteiger partial charge is 0.493 e. The number of methoxy groups -OCH3 is 3. The van der Waals surface area contributed by atoms with Crippen LogP contribution in [0.3, 0.4) is 0 Å². The highest BCUT2D eigenvalue weighted by atomic mass is 16.5. The molecule has 0 saturated heterocycles. The van der Waals surface area contributed by atoms with Gasteiger partial charge in [-0.2, -0.15) is 5.10 Å². The molecule has 0 bridgehead atoms. The second-order valence-corrected chi connectivity index (χ2v) is 5.07. The predicted octanol–water partition coefficient (Wildman–Crippen LogP) is 2.39. The van der Waals surface area contributed by atoms with Gasteiger partial charge in [0.05, 0.1) is 26.9 Å². The Morgan fingerprint density at radius 2 is 1.76 bits per heavy atom. The molecule has 112 valence electrons. The van der Waals surface area contributed by atoms with Crippen LogP contribution in [0.15, 0.2) is 12.1 Å². The van der Waals surface area contributed by atoms with Crippen LogP contribution in [0.5, 0.6) is 17.2 Å². The summed E-state index contributed by atoms with van der Waals surface area (Å²) in [6, 6.07) is 3.73. The van der Waals surface area contributed by atoms with Crippen molar-refractivity contribution < 1.29 is 14.2 Å². The Labute approximate surface area is 123 Å². The van der Waals surface area contributed by atoms with E-state index in [4.69, 9.17) is 14.2 Å². The number of benzene rings is 1. The Morgan fingerprint density at radius 1 is 1.05 bits per heavy atom. The van der Waals surface area contributed by atoms with E-state index in [1.807, 2.05) is 23.9 Å². The molecule has 0 radical (unpaired) electrons. The monoisotopic (exact) mass is 289 g/mol. The molecule has 1 aromatic carbocycles. The molecular formula is C15H19N3O3. The van der Waals surface area contributed by atoms with Crippen LogP contribution >= 0.6 is 0 Å². The topological polar surface area (TPSA) is 58.4 Å². The van der Waals surface area contributed by atoms with Crippen molar-refractivity contribution >= 4 is 0 Å². The molecule has 1 aliphatic carbocycles. The van der Waals surface area contributed by atoms with Crippen LogP contribution in [-0.2, 0) is 7.05 Å². The van der Waals surface area contributed by atoms with Gasteiger partial charge >= 0.3 is 0 Å². The average molecular weight is 289 g/mol. The van der Waals surface area contributed by atoms with Crippen molar-refractivity contribution in [3.8, 4) is 28.6 Å². The Kier molecular flexibility index (Phi) is 3.45. The highest BCUT2D eigenvalue weighted by Gasteiger charge is 2.30. The third-order valence-corrected chi connectivity index (χ3v) is 3.68. The first-order valence-corrected chi connectivity index (χ1v) is 6.89. The van der Waals surface area contributed by atoms with E-state index in [9.17, 15) is 0 Å². The average Bonchev–Trinajstić information content (AvgIpc) is 3.28. The second-order valence-electron chi connectivity index (χ2n) is 5.07. The maximum Gasteiger partial charge on any atom is 0.204 e. The van der Waals surface area contributed by atoms with Crippen molar-refractivity contribution in [2.45, 2.75) is 18.8 Å². The van der Waals surface area contributed by atoms with Gasteiger partial charge in [-0.1, -0.05) is 0 Å². The van der Waals surface area contributed by atoms with Gasteiger partial charge in [0.15, 0.2) is 17.3 Å². The molecule has 0 N–H and O–H groups in total. The number of hydrogen-bond acceptors (Lipinski definition) is 5. The van der Waals surface area contributed by atoms with Gasteiger partial charge in [-0.05, 0) is 25.0 Å². The summed E-state index contributed by atoms with van der Waals surface area (Å²) in [7, 11) is 6.72. The Bertz CT molecular complexity index is 662. The standard InChI is InChI=1S/C15H19N3O3/c1-18-15(9-5-6-9)16-14(17-18)10-7-8-11(19-2)13(21-4)12(10)20-3/h7-9H,5-6H2,1-4H3. The van der Waals surface area contributed by atoms with Gasteiger partial charge in [0, 0.05) is 13.0 Å². The number of nitrogens with zero attached hydrogens (tertiary/aromatic N) is 3. The van der Waals surface area contributed by atoms with Gasteiger partial charge in [0.1, 0.15) is 5.82 Å². The number of aromatic nitrogens is 3. The summed E-state index contributed by atoms with van der Waals surface area (Å²) in [5, 5.41) is 4.51. The summed E-state index contributed by atoms with van der Waals surface area (Å²) in [5.74, 6) is 3.99. The molecule has 0 amide bonds. The molecule has 6 nitrogen and oxygen atoms in total. The molecule has 0 aliphatic heterocycles. The predicted molar refractivity (Wildman–Crippen MR) is 78.1 cm³/mol. The van der Waals surface area contributed by atoms with Crippen LogP contribution in [0.4, 0.5) is 0 Å². The Morgan fingerprint density at radius 3 is 2.33 bits per heavy atom. The molecule has 6 heteroatoms. The smallest absolute Gasteiger partial charge is 0.204 e. The SMILES string of the molecule is COc1ccc(-c2nc(C3CC3)n(C)n2)c(OC)c1OC. The quantitative estimate of drug-likeness (QED) is 0.846. The van der Waals surface area contributed by atoms with Crippen molar-refractivity contribution in [1.29, 1.82) is 0 Å². The first-order chi connectivity index (χ1) is 10.2. The maximum atomic E-state index is 5.50. The molecule has 0 unspecified atom stereocenters. The lowest BCUT2D eigenvalue weighted by Gasteiger charge is -2.14. The number of ether oxygens (including phenoxy) is 3. The zero-order chi connectivity index (χ0) is 15.0. The molecule has 1 heterocycles. The van der Waals surface area contributed by atoms with Gasteiger partial charge in [0.25, 0.3) is 0 Å². The Hall–Kier alpha value is -2.24. The number of hydrogen-bond donors (Lipinski definition) is 0. The zero-order valence-corrected chi connectivity index (χ0v) is 12.7. The molecule has 1 fully saturated rings. The van der Waals surface area contributed by atoms with Crippen molar-refractivity contribution in [2.24, 2.45) is 7.05 Å². The summed E-state index contributed by atoms with van der Waals surface area (Å²) in [4.78, 5) is 4.66. The lowest BCUT2D eigenvalue weighted by atomic mass is 10.1. The van der Waals surface area contributed by atoms with Crippen LogP contribution < -0.4 is 14.2 Å². The van der Waals surface area contributed by atoms with Crippen LogP contribution in [0.25, 0.3) is 11.4 Å². The van der Waals surface area contributed by atoms with Crippen molar-refractivity contribution in [3.63, 3.8) is 0 Å². The third-order valence-electron chi connectivity index (χ3n) is 3.68. The van der Waals surface area contributed by atoms with Gasteiger partial charge in [0.2, 0.25) is 5.75 Å². The third kappa shape index (κ3) is 2.30. The summed E-state index contributed by atoms with van der Waals surface area (Å²) >= 11 is 0. The van der Waals surface area contributed by atoms with Crippen molar-refractivity contribution in [1.82, 2.24) is 14.8 Å². The fourth-order valence-corrected chi connectivity index (χ4v) is 2.49. The number of aryl methyl sites for hydroxylation is 1. The maximum absolute atomic E-state index is 5.50. The van der Waals surface area contributed by atoms with Crippen molar-refractivity contribution in [3.05, 3.63) is 18.0 Å². The first kappa shape index (κ1) is 13.7. The molecule has 0 atom stereocenters. The minimum absolute atomic E-state index is 0.544. The summed E-state index contributed by atoms with van der Waals surface area (Å²) in [6.45, 7) is 0. The molecule has 0 spiro atoms. The molecule has 21 heavy (non-hydrogen) atoms. The van der Waals surface area contributed by atoms with Gasteiger partial charge in [-0.25, -0.2) is 4.98 Å². The molecule has 3 rings (SSSR count). The first-order valence-electron chi connectivity index (χ1n) is 6.89. The van der Waals surface area contributed by atoms with Crippen molar-refractivity contribution in [2.75, 3.05) is 21.3 Å². The van der Waals surface area contributed by atoms with E-state index in [0.29, 0.717) is 29.0 Å². The highest BCUT2D eigenvalue weighted by molar-refractivity contribution is 5.72. The number of rotatable bonds is 5. The normalized spacial score (nSPS) is 14.1. The van der Waals surface area contributed by atoms with Crippen LogP contribution in [0.2, 0.25) is 0 Å². The molecule has 1 aliphatic rings. The summed E-state index contributed by atoms with van der Waals surface area (Å²) in [5.41, 5.74) is 0.803. The zero-order valence-electron chi connectivity index (χ0n) is 12.7. The Balaban J connectivity index is 2.11. The van der Waals surface area contributed by atoms with E-state index in [2.05, 4.69) is 10.1 Å². The second kappa shape index (κ2) is 5.27. The van der Waals surface area contributed by atoms with Gasteiger partial charge in [-0.3, -0.25) is 4.68 Å². The highest BCUT2D eigenvalue weighted by Crippen LogP contribution is 2.44. The van der Waals surface area contributed by atoms with E-state index >= 15 is 0 Å². The molecule has 2 aromatic rings. The van der Waals surface area contributed by atoms with Crippen LogP contribution in [-0.4, -0.2) is 36.1 Å². The van der Waals surface area contributed by atoms with Gasteiger partial charge in [-0.15, -0.1) is 0 Å². The van der Waals surface area contributed by atoms with Crippen LogP contribution in [0.1, 0.15) is 24.6 Å². The molecule has 1 saturated carbocycles. The van der Waals surface area contributed by atoms with E-state index in [1.165, 1.54) is 12.8 Å². The molecule has 1 aromatic heterocycles. The fraction of sp³-hybridized carbons (Fsp3) is 0.467. The summed E-state index contributed by atoms with van der Waals surface area (Å²) < 4.78 is 18.0. The lowest BCUT2D eigenvalue weighted by molar-refractivity contribution is 0.325. The van der Waals surface area contributed by atoms with E-state index in [1.54, 1.807) is 21.3 Å². The minimum Gasteiger partial charge on any atom is -0.493 e. The lowest BCUT2D eigenvalue weighted by Crippen LogP contribution is -1.98. The molecular weight excluding hydrogens is 270 g/mol. The van der Waals surface area contributed by atoms with Crippen LogP contribution in [0, 0.1) is 0 Å². The van der Waals surface area contributed by atoms with E-state index < -0.39 is 0 Å². The minimum atomic E-state index is 0.544. The van der Waals surface area contributed by atoms with E-state index in [-0.39, 0.29) is 0 Å². The summed E-state index contributed by atoms with van der Waals surface area (Å²) in [6.07, 6.45) is 2.38. The van der Waals surface area contributed by atoms with E-state index in [0.717, 1.165) is 11.4 Å².